The van der Waals surface area contributed by atoms with Crippen molar-refractivity contribution in [3.8, 4) is 17.5 Å². The number of nitriles is 1. The number of esters is 1. The monoisotopic (exact) mass is 331 g/mol. The van der Waals surface area contributed by atoms with Crippen molar-refractivity contribution < 1.29 is 23.5 Å². The van der Waals surface area contributed by atoms with E-state index in [-0.39, 0.29) is 39.7 Å². The number of methoxy groups -OCH3 is 2. The number of halogens is 1. The molecule has 0 amide bonds. The minimum atomic E-state index is -0.820. The fraction of sp³-hybridized carbons (Fsp3) is 0.188. The summed E-state index contributed by atoms with van der Waals surface area (Å²) in [6.07, 6.45) is 1.25. The first-order valence-corrected chi connectivity index (χ1v) is 6.73. The predicted octanol–water partition coefficient (Wildman–Crippen LogP) is 2.07. The molecule has 0 spiro atoms. The number of carbonyl (C=O) groups is 2. The van der Waals surface area contributed by atoms with Gasteiger partial charge < -0.3 is 19.8 Å². The van der Waals surface area contributed by atoms with E-state index in [0.717, 1.165) is 13.2 Å². The van der Waals surface area contributed by atoms with E-state index in [1.165, 1.54) is 30.9 Å². The lowest BCUT2D eigenvalue weighted by Gasteiger charge is -2.14. The van der Waals surface area contributed by atoms with Crippen LogP contribution >= 0.6 is 0 Å². The summed E-state index contributed by atoms with van der Waals surface area (Å²) < 4.78 is 24.8. The highest BCUT2D eigenvalue weighted by atomic mass is 19.1. The van der Waals surface area contributed by atoms with Crippen LogP contribution in [0.15, 0.2) is 18.3 Å². The predicted molar refractivity (Wildman–Crippen MR) is 82.8 cm³/mol. The van der Waals surface area contributed by atoms with Crippen molar-refractivity contribution in [2.75, 3.05) is 20.0 Å². The van der Waals surface area contributed by atoms with Crippen LogP contribution in [-0.4, -0.2) is 30.5 Å². The molecule has 0 saturated carbocycles. The number of benzene rings is 1. The lowest BCUT2D eigenvalue weighted by atomic mass is 10.1. The van der Waals surface area contributed by atoms with Crippen LogP contribution in [0, 0.1) is 17.1 Å². The lowest BCUT2D eigenvalue weighted by molar-refractivity contribution is 0.0592. The first-order valence-electron chi connectivity index (χ1n) is 6.73. The van der Waals surface area contributed by atoms with Crippen molar-refractivity contribution in [2.45, 2.75) is 6.92 Å². The Balaban J connectivity index is 2.86. The average molecular weight is 331 g/mol. The van der Waals surface area contributed by atoms with E-state index in [0.29, 0.717) is 0 Å². The first kappa shape index (κ1) is 17.0. The third-order valence-electron chi connectivity index (χ3n) is 3.45. The quantitative estimate of drug-likeness (QED) is 0.679. The molecular weight excluding hydrogens is 317 g/mol. The first-order chi connectivity index (χ1) is 11.3. The number of ether oxygens (including phenoxy) is 2. The molecule has 2 aromatic rings. The zero-order valence-corrected chi connectivity index (χ0v) is 13.2. The van der Waals surface area contributed by atoms with Gasteiger partial charge in [0.15, 0.2) is 23.0 Å². The van der Waals surface area contributed by atoms with Crippen molar-refractivity contribution in [3.05, 3.63) is 41.0 Å². The summed E-state index contributed by atoms with van der Waals surface area (Å²) in [5.41, 5.74) is 5.67. The number of rotatable bonds is 4. The van der Waals surface area contributed by atoms with Crippen molar-refractivity contribution in [1.29, 1.82) is 5.26 Å². The summed E-state index contributed by atoms with van der Waals surface area (Å²) in [7, 11) is 2.41. The van der Waals surface area contributed by atoms with Gasteiger partial charge in [-0.1, -0.05) is 0 Å². The number of nitrogens with two attached hydrogens (primary N) is 1. The Morgan fingerprint density at radius 1 is 1.33 bits per heavy atom. The van der Waals surface area contributed by atoms with E-state index in [2.05, 4.69) is 4.74 Å². The van der Waals surface area contributed by atoms with Gasteiger partial charge in [-0.2, -0.15) is 5.26 Å². The Morgan fingerprint density at radius 3 is 2.50 bits per heavy atom. The molecular formula is C16H14FN3O4. The Hall–Kier alpha value is -3.34. The molecule has 0 fully saturated rings. The van der Waals surface area contributed by atoms with Crippen molar-refractivity contribution in [2.24, 2.45) is 0 Å². The van der Waals surface area contributed by atoms with Crippen LogP contribution in [0.3, 0.4) is 0 Å². The van der Waals surface area contributed by atoms with E-state index >= 15 is 0 Å². The van der Waals surface area contributed by atoms with Gasteiger partial charge in [-0.3, -0.25) is 4.79 Å². The fourth-order valence-corrected chi connectivity index (χ4v) is 2.29. The number of hydrogen-bond acceptors (Lipinski definition) is 6. The van der Waals surface area contributed by atoms with E-state index in [4.69, 9.17) is 15.7 Å². The molecule has 1 aromatic carbocycles. The summed E-state index contributed by atoms with van der Waals surface area (Å²) in [4.78, 5) is 23.9. The Morgan fingerprint density at radius 2 is 2.00 bits per heavy atom. The molecule has 0 saturated heterocycles. The van der Waals surface area contributed by atoms with Gasteiger partial charge in [0.2, 0.25) is 0 Å². The van der Waals surface area contributed by atoms with E-state index in [9.17, 15) is 14.0 Å². The molecule has 7 nitrogen and oxygen atoms in total. The fourth-order valence-electron chi connectivity index (χ4n) is 2.29. The second-order valence-electron chi connectivity index (χ2n) is 4.84. The lowest BCUT2D eigenvalue weighted by Crippen LogP contribution is -2.13. The maximum Gasteiger partial charge on any atom is 0.357 e. The molecule has 0 radical (unpaired) electrons. The van der Waals surface area contributed by atoms with Crippen LogP contribution in [-0.2, 0) is 4.74 Å². The molecule has 0 aliphatic rings. The Labute approximate surface area is 137 Å². The summed E-state index contributed by atoms with van der Waals surface area (Å²) >= 11 is 0. The van der Waals surface area contributed by atoms with Crippen LogP contribution in [0.5, 0.6) is 5.75 Å². The van der Waals surface area contributed by atoms with Crippen LogP contribution in [0.2, 0.25) is 0 Å². The van der Waals surface area contributed by atoms with Crippen molar-refractivity contribution in [3.63, 3.8) is 0 Å². The van der Waals surface area contributed by atoms with Gasteiger partial charge in [-0.15, -0.1) is 0 Å². The summed E-state index contributed by atoms with van der Waals surface area (Å²) in [5.74, 6) is -2.06. The number of aromatic nitrogens is 1. The molecule has 1 aromatic heterocycles. The zero-order chi connectivity index (χ0) is 18.0. The van der Waals surface area contributed by atoms with Crippen molar-refractivity contribution in [1.82, 2.24) is 4.57 Å². The normalized spacial score (nSPS) is 10.1. The SMILES string of the molecule is COC(=O)c1c(N)c(C#N)cn1-c1cc(F)c(OC)cc1C(C)=O. The third-order valence-corrected chi connectivity index (χ3v) is 3.45. The van der Waals surface area contributed by atoms with Gasteiger partial charge in [0.1, 0.15) is 6.07 Å². The number of nitrogens with zero attached hydrogens (tertiary/aromatic N) is 2. The van der Waals surface area contributed by atoms with Gasteiger partial charge in [-0.25, -0.2) is 9.18 Å². The smallest absolute Gasteiger partial charge is 0.357 e. The number of ketones is 1. The third kappa shape index (κ3) is 2.67. The topological polar surface area (TPSA) is 107 Å². The second kappa shape index (κ2) is 6.42. The van der Waals surface area contributed by atoms with Gasteiger partial charge in [0.05, 0.1) is 31.2 Å². The molecule has 8 heteroatoms. The molecule has 0 unspecified atom stereocenters. The molecule has 124 valence electrons. The van der Waals surface area contributed by atoms with Crippen LogP contribution in [0.1, 0.15) is 33.3 Å². The molecule has 0 bridgehead atoms. The molecule has 2 N–H and O–H groups in total. The standard InChI is InChI=1S/C16H14FN3O4/c1-8(21)10-4-13(23-2)11(17)5-12(10)20-7-9(6-18)14(19)15(20)16(22)24-3/h4-5,7H,19H2,1-3H3. The molecule has 24 heavy (non-hydrogen) atoms. The highest BCUT2D eigenvalue weighted by Gasteiger charge is 2.25. The van der Waals surface area contributed by atoms with E-state index < -0.39 is 11.8 Å². The van der Waals surface area contributed by atoms with Crippen molar-refractivity contribution >= 4 is 17.4 Å². The minimum absolute atomic E-state index is 0.00104. The maximum atomic E-state index is 14.1. The van der Waals surface area contributed by atoms with Gasteiger partial charge in [0, 0.05) is 17.8 Å². The zero-order valence-electron chi connectivity index (χ0n) is 13.2. The number of hydrogen-bond donors (Lipinski definition) is 1. The van der Waals surface area contributed by atoms with Crippen LogP contribution < -0.4 is 10.5 Å². The average Bonchev–Trinajstić information content (AvgIpc) is 2.90. The number of carbonyl (C=O) groups excluding carboxylic acids is 2. The summed E-state index contributed by atoms with van der Waals surface area (Å²) in [6.45, 7) is 1.28. The molecule has 2 rings (SSSR count). The van der Waals surface area contributed by atoms with Gasteiger partial charge in [0.25, 0.3) is 0 Å². The van der Waals surface area contributed by atoms with Gasteiger partial charge in [-0.05, 0) is 13.0 Å². The van der Waals surface area contributed by atoms with E-state index in [1.54, 1.807) is 0 Å². The van der Waals surface area contributed by atoms with Gasteiger partial charge >= 0.3 is 5.97 Å². The van der Waals surface area contributed by atoms with Crippen LogP contribution in [0.4, 0.5) is 10.1 Å². The Bertz CT molecular complexity index is 880. The summed E-state index contributed by atoms with van der Waals surface area (Å²) in [6, 6.07) is 4.08. The molecule has 0 aliphatic carbocycles. The largest absolute Gasteiger partial charge is 0.494 e. The molecule has 0 aliphatic heterocycles. The number of nitrogen functional groups attached to an aromatic ring is 1. The van der Waals surface area contributed by atoms with Crippen LogP contribution in [0.25, 0.3) is 5.69 Å². The maximum absolute atomic E-state index is 14.1. The minimum Gasteiger partial charge on any atom is -0.494 e. The highest BCUT2D eigenvalue weighted by Crippen LogP contribution is 2.30. The number of Topliss-reactive ketones (excluding diaryl/α,β-unsaturated/α-hetero) is 1. The number of anilines is 1. The molecule has 1 heterocycles. The summed E-state index contributed by atoms with van der Waals surface area (Å²) in [5, 5.41) is 9.12. The highest BCUT2D eigenvalue weighted by molar-refractivity contribution is 6.00. The molecule has 0 atom stereocenters. The Kier molecular flexibility index (Phi) is 4.55. The second-order valence-corrected chi connectivity index (χ2v) is 4.84. The van der Waals surface area contributed by atoms with E-state index in [1.807, 2.05) is 6.07 Å².